The second-order valence-electron chi connectivity index (χ2n) is 7.75. The lowest BCUT2D eigenvalue weighted by Gasteiger charge is -2.22. The largest absolute Gasteiger partial charge is 0.469 e. The van der Waals surface area contributed by atoms with Crippen molar-refractivity contribution in [1.82, 2.24) is 5.32 Å². The van der Waals surface area contributed by atoms with Crippen LogP contribution in [0.1, 0.15) is 75.6 Å². The van der Waals surface area contributed by atoms with E-state index in [1.54, 1.807) is 12.1 Å². The van der Waals surface area contributed by atoms with Crippen LogP contribution < -0.4 is 10.1 Å². The summed E-state index contributed by atoms with van der Waals surface area (Å²) < 4.78 is 10.6. The average molecular weight is 588 g/mol. The number of unbranched alkanes of at least 4 members (excludes halogenated alkanes) is 1. The van der Waals surface area contributed by atoms with E-state index < -0.39 is 0 Å². The minimum absolute atomic E-state index is 0. The van der Waals surface area contributed by atoms with Gasteiger partial charge in [0.2, 0.25) is 0 Å². The molecule has 0 spiro atoms. The Kier molecular flexibility index (Phi) is 13.9. The minimum atomic E-state index is -0.359. The molecule has 1 N–H and O–H groups in total. The first-order valence-electron chi connectivity index (χ1n) is 11.1. The Labute approximate surface area is 217 Å². The molecule has 0 aliphatic heterocycles. The Morgan fingerprint density at radius 2 is 1.91 bits per heavy atom. The van der Waals surface area contributed by atoms with Gasteiger partial charge >= 0.3 is 11.9 Å². The highest BCUT2D eigenvalue weighted by molar-refractivity contribution is 14.0. The number of allylic oxidation sites excluding steroid dienone is 2. The van der Waals surface area contributed by atoms with Crippen LogP contribution in [0.4, 0.5) is 0 Å². The summed E-state index contributed by atoms with van der Waals surface area (Å²) in [5.74, 6) is -0.0319. The standard InChI is InChI=1S/C17H19NO3S.C8H14O2.HI/c1-11(19)21-13-7-8-16-14(9-13)15(10-22-16)17(20)18-12-5-3-2-4-6-12;1-3-4-5-6-7-8(9)10-2;/h7-10,12H,2-6H2,1H3,(H,18,20);3-4H,5-7H2,1-2H3;1H/b;4-3-;. The SMILES string of the molecule is C/C=C\CCCC(=O)OC.CC(=O)Oc1ccc2scc(C(=O)NC3CCCCC3)c2c1.I. The molecule has 0 bridgehead atoms. The van der Waals surface area contributed by atoms with Gasteiger partial charge in [0.05, 0.1) is 12.7 Å². The Bertz CT molecular complexity index is 934. The quantitative estimate of drug-likeness (QED) is 0.133. The molecule has 1 aliphatic carbocycles. The van der Waals surface area contributed by atoms with Gasteiger partial charge in [-0.3, -0.25) is 14.4 Å². The van der Waals surface area contributed by atoms with Gasteiger partial charge in [-0.2, -0.15) is 0 Å². The van der Waals surface area contributed by atoms with Crippen molar-refractivity contribution in [3.05, 3.63) is 41.3 Å². The van der Waals surface area contributed by atoms with Crippen molar-refractivity contribution < 1.29 is 23.9 Å². The van der Waals surface area contributed by atoms with Gasteiger partial charge in [0.25, 0.3) is 5.91 Å². The minimum Gasteiger partial charge on any atom is -0.469 e. The molecule has 0 radical (unpaired) electrons. The summed E-state index contributed by atoms with van der Waals surface area (Å²) in [6, 6.07) is 5.69. The van der Waals surface area contributed by atoms with Crippen molar-refractivity contribution in [2.75, 3.05) is 7.11 Å². The molecule has 1 saturated carbocycles. The molecule has 2 aromatic rings. The highest BCUT2D eigenvalue weighted by atomic mass is 127. The number of methoxy groups -OCH3 is 1. The maximum Gasteiger partial charge on any atom is 0.308 e. The summed E-state index contributed by atoms with van der Waals surface area (Å²) in [6.07, 6.45) is 12.2. The fraction of sp³-hybridized carbons (Fsp3) is 0.480. The van der Waals surface area contributed by atoms with Crippen LogP contribution >= 0.6 is 35.3 Å². The van der Waals surface area contributed by atoms with Crippen LogP contribution in [0.2, 0.25) is 0 Å². The zero-order valence-corrected chi connectivity index (χ0v) is 22.7. The fourth-order valence-electron chi connectivity index (χ4n) is 3.56. The predicted octanol–water partition coefficient (Wildman–Crippen LogP) is 6.41. The highest BCUT2D eigenvalue weighted by Gasteiger charge is 2.19. The first kappa shape index (κ1) is 29.1. The van der Waals surface area contributed by atoms with E-state index in [9.17, 15) is 14.4 Å². The second kappa shape index (κ2) is 15.8. The van der Waals surface area contributed by atoms with Gasteiger partial charge in [-0.05, 0) is 50.8 Å². The smallest absolute Gasteiger partial charge is 0.308 e. The van der Waals surface area contributed by atoms with E-state index in [4.69, 9.17) is 4.74 Å². The number of hydrogen-bond acceptors (Lipinski definition) is 6. The number of carbonyl (C=O) groups excluding carboxylic acids is 3. The normalized spacial score (nSPS) is 13.5. The average Bonchev–Trinajstić information content (AvgIpc) is 3.20. The predicted molar refractivity (Wildman–Crippen MR) is 144 cm³/mol. The third kappa shape index (κ3) is 10.2. The highest BCUT2D eigenvalue weighted by Crippen LogP contribution is 2.30. The summed E-state index contributed by atoms with van der Waals surface area (Å²) in [6.45, 7) is 3.34. The fourth-order valence-corrected chi connectivity index (χ4v) is 4.48. The molecule has 33 heavy (non-hydrogen) atoms. The number of carbonyl (C=O) groups is 3. The van der Waals surface area contributed by atoms with Crippen LogP contribution in [0.15, 0.2) is 35.7 Å². The molecule has 1 heterocycles. The van der Waals surface area contributed by atoms with E-state index >= 15 is 0 Å². The summed E-state index contributed by atoms with van der Waals surface area (Å²) in [5.41, 5.74) is 0.666. The molecule has 1 aromatic carbocycles. The molecule has 0 saturated heterocycles. The topological polar surface area (TPSA) is 81.7 Å². The van der Waals surface area contributed by atoms with Crippen molar-refractivity contribution >= 4 is 63.2 Å². The molecule has 0 unspecified atom stereocenters. The number of hydrogen-bond donors (Lipinski definition) is 1. The zero-order chi connectivity index (χ0) is 23.3. The molecular formula is C25H34INO5S. The van der Waals surface area contributed by atoms with Gasteiger partial charge in [0.15, 0.2) is 0 Å². The van der Waals surface area contributed by atoms with Crippen molar-refractivity contribution in [3.63, 3.8) is 0 Å². The first-order chi connectivity index (χ1) is 15.4. The molecule has 3 rings (SSSR count). The van der Waals surface area contributed by atoms with Crippen LogP contribution in [-0.4, -0.2) is 31.0 Å². The van der Waals surface area contributed by atoms with Gasteiger partial charge in [-0.15, -0.1) is 35.3 Å². The molecular weight excluding hydrogens is 553 g/mol. The first-order valence-corrected chi connectivity index (χ1v) is 12.0. The van der Waals surface area contributed by atoms with Crippen LogP contribution in [0.5, 0.6) is 5.75 Å². The monoisotopic (exact) mass is 587 g/mol. The van der Waals surface area contributed by atoms with Gasteiger partial charge in [-0.1, -0.05) is 31.4 Å². The van der Waals surface area contributed by atoms with Gasteiger partial charge < -0.3 is 14.8 Å². The Hall–Kier alpha value is -1.94. The van der Waals surface area contributed by atoms with E-state index in [1.165, 1.54) is 44.6 Å². The molecule has 1 aromatic heterocycles. The van der Waals surface area contributed by atoms with Crippen LogP contribution in [0.3, 0.4) is 0 Å². The third-order valence-corrected chi connectivity index (χ3v) is 6.17. The maximum absolute atomic E-state index is 12.5. The lowest BCUT2D eigenvalue weighted by molar-refractivity contribution is -0.140. The van der Waals surface area contributed by atoms with E-state index in [0.29, 0.717) is 17.7 Å². The third-order valence-electron chi connectivity index (χ3n) is 5.21. The Morgan fingerprint density at radius 1 is 1.18 bits per heavy atom. The number of amides is 1. The van der Waals surface area contributed by atoms with Crippen molar-refractivity contribution in [2.24, 2.45) is 0 Å². The van der Waals surface area contributed by atoms with Gasteiger partial charge in [-0.25, -0.2) is 0 Å². The number of thiophene rings is 1. The van der Waals surface area contributed by atoms with Crippen molar-refractivity contribution in [3.8, 4) is 5.75 Å². The van der Waals surface area contributed by atoms with Gasteiger partial charge in [0.1, 0.15) is 5.75 Å². The molecule has 182 valence electrons. The van der Waals surface area contributed by atoms with Gasteiger partial charge in [0, 0.05) is 34.9 Å². The molecule has 1 aliphatic rings. The van der Waals surface area contributed by atoms with Crippen LogP contribution in [-0.2, 0) is 14.3 Å². The zero-order valence-electron chi connectivity index (χ0n) is 19.6. The number of esters is 2. The van der Waals surface area contributed by atoms with E-state index in [0.717, 1.165) is 35.8 Å². The summed E-state index contributed by atoms with van der Waals surface area (Å²) >= 11 is 1.53. The maximum atomic E-state index is 12.5. The van der Waals surface area contributed by atoms with E-state index in [-0.39, 0.29) is 47.9 Å². The van der Waals surface area contributed by atoms with E-state index in [2.05, 4.69) is 10.1 Å². The van der Waals surface area contributed by atoms with E-state index in [1.807, 2.05) is 30.5 Å². The lowest BCUT2D eigenvalue weighted by atomic mass is 9.95. The molecule has 1 amide bonds. The molecule has 6 nitrogen and oxygen atoms in total. The number of rotatable bonds is 7. The number of fused-ring (bicyclic) bond motifs is 1. The van der Waals surface area contributed by atoms with Crippen LogP contribution in [0.25, 0.3) is 10.1 Å². The number of nitrogens with one attached hydrogen (secondary N) is 1. The summed E-state index contributed by atoms with van der Waals surface area (Å²) in [7, 11) is 1.41. The Morgan fingerprint density at radius 3 is 2.55 bits per heavy atom. The number of benzene rings is 1. The summed E-state index contributed by atoms with van der Waals surface area (Å²) in [5, 5.41) is 5.85. The Balaban J connectivity index is 0.000000425. The molecule has 1 fully saturated rings. The number of halogens is 1. The lowest BCUT2D eigenvalue weighted by Crippen LogP contribution is -2.36. The molecule has 0 atom stereocenters. The summed E-state index contributed by atoms with van der Waals surface area (Å²) in [4.78, 5) is 34.1. The molecule has 8 heteroatoms. The van der Waals surface area contributed by atoms with Crippen molar-refractivity contribution in [2.45, 2.75) is 71.3 Å². The van der Waals surface area contributed by atoms with Crippen molar-refractivity contribution in [1.29, 1.82) is 0 Å². The van der Waals surface area contributed by atoms with Crippen LogP contribution in [0, 0.1) is 0 Å². The second-order valence-corrected chi connectivity index (χ2v) is 8.66. The number of ether oxygens (including phenoxy) is 2.